The molecule has 0 spiro atoms. The quantitative estimate of drug-likeness (QED) is 0.552. The summed E-state index contributed by atoms with van der Waals surface area (Å²) in [5.74, 6) is 2.00. The highest BCUT2D eigenvalue weighted by molar-refractivity contribution is 5.94. The molecule has 0 unspecified atom stereocenters. The molecule has 2 N–H and O–H groups in total. The molecular weight excluding hydrogens is 402 g/mol. The number of hydrogen-bond donors (Lipinski definition) is 2. The molecule has 3 aromatic rings. The van der Waals surface area contributed by atoms with Crippen LogP contribution in [0, 0.1) is 6.92 Å². The van der Waals surface area contributed by atoms with Crippen LogP contribution >= 0.6 is 0 Å². The van der Waals surface area contributed by atoms with E-state index in [4.69, 9.17) is 9.72 Å². The molecule has 1 amide bonds. The maximum atomic E-state index is 12.4. The van der Waals surface area contributed by atoms with Crippen LogP contribution in [0.15, 0.2) is 60.7 Å². The Hall–Kier alpha value is -3.61. The van der Waals surface area contributed by atoms with Gasteiger partial charge in [-0.25, -0.2) is 4.98 Å². The van der Waals surface area contributed by atoms with E-state index in [1.807, 2.05) is 67.6 Å². The Morgan fingerprint density at radius 3 is 2.38 bits per heavy atom. The maximum absolute atomic E-state index is 12.4. The molecule has 1 saturated heterocycles. The number of amides is 1. The fourth-order valence-corrected chi connectivity index (χ4v) is 3.66. The number of rotatable bonds is 7. The zero-order chi connectivity index (χ0) is 22.3. The van der Waals surface area contributed by atoms with E-state index in [1.54, 1.807) is 6.92 Å². The van der Waals surface area contributed by atoms with Crippen molar-refractivity contribution in [3.63, 3.8) is 0 Å². The first-order valence-electron chi connectivity index (χ1n) is 11.1. The van der Waals surface area contributed by atoms with E-state index in [0.717, 1.165) is 30.3 Å². The van der Waals surface area contributed by atoms with Crippen LogP contribution < -0.4 is 20.3 Å². The van der Waals surface area contributed by atoms with Crippen LogP contribution in [0.5, 0.6) is 5.75 Å². The third kappa shape index (κ3) is 5.75. The molecular formula is C25H29N5O2. The van der Waals surface area contributed by atoms with Crippen LogP contribution in [-0.2, 0) is 4.79 Å². The van der Waals surface area contributed by atoms with Gasteiger partial charge in [0.25, 0.3) is 5.91 Å². The molecule has 2 heterocycles. The van der Waals surface area contributed by atoms with Gasteiger partial charge in [-0.15, -0.1) is 0 Å². The van der Waals surface area contributed by atoms with Gasteiger partial charge in [0, 0.05) is 36.2 Å². The number of piperidine rings is 1. The SMILES string of the molecule is Cc1cc(N2CCCCC2)nc(Nc2ccc(NC(=O)[C@H](C)Oc3ccccc3)cc2)n1. The van der Waals surface area contributed by atoms with E-state index in [-0.39, 0.29) is 5.91 Å². The van der Waals surface area contributed by atoms with Gasteiger partial charge in [-0.3, -0.25) is 4.79 Å². The molecule has 7 nitrogen and oxygen atoms in total. The van der Waals surface area contributed by atoms with Crippen molar-refractivity contribution in [2.75, 3.05) is 28.6 Å². The summed E-state index contributed by atoms with van der Waals surface area (Å²) in [6, 6.07) is 18.8. The molecule has 1 aliphatic rings. The number of aryl methyl sites for hydroxylation is 1. The van der Waals surface area contributed by atoms with Crippen molar-refractivity contribution >= 4 is 29.0 Å². The molecule has 0 bridgehead atoms. The van der Waals surface area contributed by atoms with Crippen LogP contribution in [0.4, 0.5) is 23.1 Å². The minimum atomic E-state index is -0.607. The number of carbonyl (C=O) groups is 1. The highest BCUT2D eigenvalue weighted by atomic mass is 16.5. The Morgan fingerprint density at radius 2 is 1.66 bits per heavy atom. The van der Waals surface area contributed by atoms with Crippen LogP contribution in [0.3, 0.4) is 0 Å². The van der Waals surface area contributed by atoms with E-state index in [9.17, 15) is 4.79 Å². The summed E-state index contributed by atoms with van der Waals surface area (Å²) in [5, 5.41) is 6.16. The third-order valence-electron chi connectivity index (χ3n) is 5.35. The Morgan fingerprint density at radius 1 is 0.969 bits per heavy atom. The molecule has 1 aliphatic heterocycles. The Labute approximate surface area is 188 Å². The van der Waals surface area contributed by atoms with Crippen molar-refractivity contribution in [1.82, 2.24) is 9.97 Å². The van der Waals surface area contributed by atoms with Gasteiger partial charge in [-0.05, 0) is 69.5 Å². The van der Waals surface area contributed by atoms with Gasteiger partial charge in [-0.1, -0.05) is 18.2 Å². The first-order chi connectivity index (χ1) is 15.6. The normalized spacial score (nSPS) is 14.5. The first kappa shape index (κ1) is 21.6. The van der Waals surface area contributed by atoms with Gasteiger partial charge in [0.15, 0.2) is 6.10 Å². The Balaban J connectivity index is 1.36. The monoisotopic (exact) mass is 431 g/mol. The van der Waals surface area contributed by atoms with Gasteiger partial charge in [0.1, 0.15) is 11.6 Å². The Bertz CT molecular complexity index is 1030. The molecule has 0 saturated carbocycles. The summed E-state index contributed by atoms with van der Waals surface area (Å²) in [4.78, 5) is 24.0. The molecule has 166 valence electrons. The second kappa shape index (κ2) is 10.1. The van der Waals surface area contributed by atoms with Gasteiger partial charge in [0.05, 0.1) is 0 Å². The van der Waals surface area contributed by atoms with Crippen LogP contribution in [0.25, 0.3) is 0 Å². The van der Waals surface area contributed by atoms with Crippen molar-refractivity contribution in [3.8, 4) is 5.75 Å². The van der Waals surface area contributed by atoms with Crippen molar-refractivity contribution in [2.45, 2.75) is 39.2 Å². The minimum absolute atomic E-state index is 0.206. The molecule has 32 heavy (non-hydrogen) atoms. The second-order valence-electron chi connectivity index (χ2n) is 8.00. The summed E-state index contributed by atoms with van der Waals surface area (Å²) >= 11 is 0. The predicted molar refractivity (Wildman–Crippen MR) is 128 cm³/mol. The van der Waals surface area contributed by atoms with Crippen LogP contribution in [0.1, 0.15) is 31.9 Å². The van der Waals surface area contributed by atoms with Crippen LogP contribution in [-0.4, -0.2) is 35.1 Å². The second-order valence-corrected chi connectivity index (χ2v) is 8.00. The maximum Gasteiger partial charge on any atom is 0.265 e. The lowest BCUT2D eigenvalue weighted by Gasteiger charge is -2.28. The first-order valence-corrected chi connectivity index (χ1v) is 11.1. The largest absolute Gasteiger partial charge is 0.481 e. The van der Waals surface area contributed by atoms with E-state index < -0.39 is 6.10 Å². The standard InChI is InChI=1S/C25H29N5O2/c1-18-17-23(30-15-7-4-8-16-30)29-25(26-18)28-21-13-11-20(12-14-21)27-24(31)19(2)32-22-9-5-3-6-10-22/h3,5-6,9-14,17,19H,4,7-8,15-16H2,1-2H3,(H,27,31)(H,26,28,29)/t19-/m0/s1. The van der Waals surface area contributed by atoms with Crippen molar-refractivity contribution < 1.29 is 9.53 Å². The molecule has 0 aliphatic carbocycles. The number of hydrogen-bond acceptors (Lipinski definition) is 6. The van der Waals surface area contributed by atoms with E-state index >= 15 is 0 Å². The Kier molecular flexibility index (Phi) is 6.84. The number of nitrogens with one attached hydrogen (secondary N) is 2. The highest BCUT2D eigenvalue weighted by Crippen LogP contribution is 2.22. The van der Waals surface area contributed by atoms with E-state index in [0.29, 0.717) is 17.4 Å². The summed E-state index contributed by atoms with van der Waals surface area (Å²) in [6.07, 6.45) is 3.08. The summed E-state index contributed by atoms with van der Waals surface area (Å²) in [7, 11) is 0. The zero-order valence-corrected chi connectivity index (χ0v) is 18.5. The number of anilines is 4. The third-order valence-corrected chi connectivity index (χ3v) is 5.35. The summed E-state index contributed by atoms with van der Waals surface area (Å²) < 4.78 is 5.68. The number of aromatic nitrogens is 2. The predicted octanol–water partition coefficient (Wildman–Crippen LogP) is 4.92. The number of benzene rings is 2. The molecule has 1 aromatic heterocycles. The van der Waals surface area contributed by atoms with Gasteiger partial charge in [0.2, 0.25) is 5.95 Å². The van der Waals surface area contributed by atoms with Crippen molar-refractivity contribution in [1.29, 1.82) is 0 Å². The van der Waals surface area contributed by atoms with Gasteiger partial charge < -0.3 is 20.3 Å². The molecule has 4 rings (SSSR count). The lowest BCUT2D eigenvalue weighted by atomic mass is 10.1. The summed E-state index contributed by atoms with van der Waals surface area (Å²) in [5.41, 5.74) is 2.48. The molecule has 1 fully saturated rings. The topological polar surface area (TPSA) is 79.4 Å². The smallest absolute Gasteiger partial charge is 0.265 e. The molecule has 7 heteroatoms. The van der Waals surface area contributed by atoms with Crippen molar-refractivity contribution in [2.24, 2.45) is 0 Å². The average Bonchev–Trinajstić information content (AvgIpc) is 2.81. The molecule has 2 aromatic carbocycles. The lowest BCUT2D eigenvalue weighted by Crippen LogP contribution is -2.30. The lowest BCUT2D eigenvalue weighted by molar-refractivity contribution is -0.122. The molecule has 0 radical (unpaired) electrons. The minimum Gasteiger partial charge on any atom is -0.481 e. The zero-order valence-electron chi connectivity index (χ0n) is 18.5. The average molecular weight is 432 g/mol. The van der Waals surface area contributed by atoms with E-state index in [1.165, 1.54) is 19.3 Å². The van der Waals surface area contributed by atoms with Gasteiger partial charge in [-0.2, -0.15) is 4.98 Å². The van der Waals surface area contributed by atoms with Crippen LogP contribution in [0.2, 0.25) is 0 Å². The number of nitrogens with zero attached hydrogens (tertiary/aromatic N) is 3. The fourth-order valence-electron chi connectivity index (χ4n) is 3.66. The van der Waals surface area contributed by atoms with E-state index in [2.05, 4.69) is 20.5 Å². The molecule has 1 atom stereocenters. The van der Waals surface area contributed by atoms with Gasteiger partial charge >= 0.3 is 0 Å². The number of carbonyl (C=O) groups excluding carboxylic acids is 1. The number of ether oxygens (including phenoxy) is 1. The summed E-state index contributed by atoms with van der Waals surface area (Å²) in [6.45, 7) is 5.79. The number of para-hydroxylation sites is 1. The fraction of sp³-hybridized carbons (Fsp3) is 0.320. The highest BCUT2D eigenvalue weighted by Gasteiger charge is 2.16. The van der Waals surface area contributed by atoms with Crippen molar-refractivity contribution in [3.05, 3.63) is 66.4 Å².